The quantitative estimate of drug-likeness (QED) is 0.504. The highest BCUT2D eigenvalue weighted by Gasteiger charge is 2.24. The van der Waals surface area contributed by atoms with E-state index in [1.807, 2.05) is 0 Å². The summed E-state index contributed by atoms with van der Waals surface area (Å²) in [5.41, 5.74) is 6.18. The molecule has 0 spiro atoms. The van der Waals surface area contributed by atoms with Gasteiger partial charge < -0.3 is 31.2 Å². The van der Waals surface area contributed by atoms with Crippen LogP contribution in [0.1, 0.15) is 24.2 Å². The lowest BCUT2D eigenvalue weighted by Gasteiger charge is -2.22. The van der Waals surface area contributed by atoms with Crippen LogP contribution >= 0.6 is 11.6 Å². The lowest BCUT2D eigenvalue weighted by atomic mass is 10.2. The maximum absolute atomic E-state index is 12.3. The summed E-state index contributed by atoms with van der Waals surface area (Å²) in [6.07, 6.45) is 0. The third kappa shape index (κ3) is 5.17. The van der Waals surface area contributed by atoms with E-state index in [-0.39, 0.29) is 35.3 Å². The van der Waals surface area contributed by atoms with Crippen LogP contribution in [0, 0.1) is 0 Å². The molecule has 0 unspecified atom stereocenters. The van der Waals surface area contributed by atoms with Crippen molar-refractivity contribution in [3.05, 3.63) is 52.5 Å². The Morgan fingerprint density at radius 1 is 1.36 bits per heavy atom. The first-order valence-corrected chi connectivity index (χ1v) is 8.78. The summed E-state index contributed by atoms with van der Waals surface area (Å²) in [6, 6.07) is 3.49. The molecule has 1 aliphatic rings. The second-order valence-corrected chi connectivity index (χ2v) is 6.30. The minimum Gasteiger partial charge on any atom is -0.490 e. The molecule has 0 aliphatic carbocycles. The molecular formula is C18H21ClN4O5. The molecule has 1 aliphatic heterocycles. The van der Waals surface area contributed by atoms with E-state index < -0.39 is 23.9 Å². The lowest BCUT2D eigenvalue weighted by Crippen LogP contribution is -2.49. The van der Waals surface area contributed by atoms with Gasteiger partial charge in [-0.1, -0.05) is 18.2 Å². The number of nitrogens with two attached hydrogens (primary N) is 1. The van der Waals surface area contributed by atoms with Crippen molar-refractivity contribution in [1.82, 2.24) is 16.0 Å². The summed E-state index contributed by atoms with van der Waals surface area (Å²) in [7, 11) is 0. The fourth-order valence-electron chi connectivity index (χ4n) is 2.26. The Hall–Kier alpha value is -3.20. The second kappa shape index (κ2) is 9.14. The maximum Gasteiger partial charge on any atom is 0.338 e. The second-order valence-electron chi connectivity index (χ2n) is 5.90. The van der Waals surface area contributed by atoms with Crippen molar-refractivity contribution in [3.63, 3.8) is 0 Å². The average Bonchev–Trinajstić information content (AvgIpc) is 2.63. The van der Waals surface area contributed by atoms with Gasteiger partial charge in [0.2, 0.25) is 0 Å². The van der Waals surface area contributed by atoms with E-state index in [0.717, 1.165) is 0 Å². The summed E-state index contributed by atoms with van der Waals surface area (Å²) in [5.74, 6) is -0.709. The number of rotatable bonds is 7. The molecule has 1 atom stereocenters. The zero-order valence-electron chi connectivity index (χ0n) is 15.4. The van der Waals surface area contributed by atoms with Gasteiger partial charge in [-0.25, -0.2) is 9.59 Å². The summed E-state index contributed by atoms with van der Waals surface area (Å²) >= 11 is 6.13. The molecule has 0 radical (unpaired) electrons. The number of hydrogen-bond donors (Lipinski definition) is 4. The molecule has 2 rings (SSSR count). The van der Waals surface area contributed by atoms with Crippen LogP contribution in [0.3, 0.4) is 0 Å². The molecular weight excluding hydrogens is 388 g/mol. The molecule has 5 N–H and O–H groups in total. The molecule has 28 heavy (non-hydrogen) atoms. The number of amides is 3. The molecule has 9 nitrogen and oxygen atoms in total. The first-order valence-electron chi connectivity index (χ1n) is 8.40. The van der Waals surface area contributed by atoms with Gasteiger partial charge in [0.1, 0.15) is 18.1 Å². The van der Waals surface area contributed by atoms with Crippen LogP contribution in [-0.2, 0) is 9.53 Å². The summed E-state index contributed by atoms with van der Waals surface area (Å²) in [4.78, 5) is 35.5. The van der Waals surface area contributed by atoms with Gasteiger partial charge in [-0.15, -0.1) is 0 Å². The number of hydrogen-bond acceptors (Lipinski definition) is 6. The van der Waals surface area contributed by atoms with Gasteiger partial charge in [-0.2, -0.15) is 0 Å². The Kier molecular flexibility index (Phi) is 6.89. The van der Waals surface area contributed by atoms with E-state index in [2.05, 4.69) is 22.5 Å². The highest BCUT2D eigenvalue weighted by molar-refractivity contribution is 6.32. The van der Waals surface area contributed by atoms with E-state index in [1.165, 1.54) is 12.1 Å². The van der Waals surface area contributed by atoms with Crippen LogP contribution in [-0.4, -0.2) is 37.2 Å². The molecule has 0 saturated carbocycles. The summed E-state index contributed by atoms with van der Waals surface area (Å²) in [6.45, 7) is 7.33. The minimum atomic E-state index is -0.596. The van der Waals surface area contributed by atoms with Crippen molar-refractivity contribution in [2.45, 2.75) is 19.9 Å². The van der Waals surface area contributed by atoms with E-state index in [0.29, 0.717) is 11.3 Å². The summed E-state index contributed by atoms with van der Waals surface area (Å²) in [5, 5.41) is 7.59. The minimum absolute atomic E-state index is 0.0443. The molecule has 0 bridgehead atoms. The van der Waals surface area contributed by atoms with Crippen LogP contribution in [0.15, 0.2) is 41.9 Å². The third-order valence-corrected chi connectivity index (χ3v) is 3.93. The van der Waals surface area contributed by atoms with Gasteiger partial charge in [0.25, 0.3) is 5.91 Å². The van der Waals surface area contributed by atoms with E-state index >= 15 is 0 Å². The predicted molar refractivity (Wildman–Crippen MR) is 103 cm³/mol. The number of halogens is 1. The fourth-order valence-corrected chi connectivity index (χ4v) is 2.49. The number of esters is 1. The average molecular weight is 409 g/mol. The first kappa shape index (κ1) is 21.1. The number of ether oxygens (including phenoxy) is 2. The fraction of sp³-hybridized carbons (Fsp3) is 0.278. The molecule has 3 amide bonds. The van der Waals surface area contributed by atoms with Crippen LogP contribution < -0.4 is 26.4 Å². The molecule has 0 fully saturated rings. The van der Waals surface area contributed by atoms with Crippen molar-refractivity contribution in [2.75, 3.05) is 13.2 Å². The van der Waals surface area contributed by atoms with Crippen LogP contribution in [0.5, 0.6) is 5.75 Å². The third-order valence-electron chi connectivity index (χ3n) is 3.63. The van der Waals surface area contributed by atoms with Crippen molar-refractivity contribution >= 4 is 29.5 Å². The molecule has 10 heteroatoms. The van der Waals surface area contributed by atoms with Crippen molar-refractivity contribution in [2.24, 2.45) is 5.73 Å². The van der Waals surface area contributed by atoms with Crippen LogP contribution in [0.4, 0.5) is 4.79 Å². The highest BCUT2D eigenvalue weighted by Crippen LogP contribution is 2.26. The topological polar surface area (TPSA) is 132 Å². The van der Waals surface area contributed by atoms with Crippen molar-refractivity contribution in [1.29, 1.82) is 0 Å². The molecule has 0 saturated heterocycles. The van der Waals surface area contributed by atoms with Gasteiger partial charge in [0, 0.05) is 0 Å². The Labute approximate surface area is 166 Å². The highest BCUT2D eigenvalue weighted by atomic mass is 35.5. The predicted octanol–water partition coefficient (Wildman–Crippen LogP) is 1.40. The van der Waals surface area contributed by atoms with Crippen LogP contribution in [0.2, 0.25) is 5.02 Å². The number of carbonyl (C=O) groups excluding carboxylic acids is 3. The molecule has 1 aromatic rings. The van der Waals surface area contributed by atoms with Gasteiger partial charge in [0.15, 0.2) is 0 Å². The number of benzene rings is 1. The Morgan fingerprint density at radius 3 is 2.71 bits per heavy atom. The first-order chi connectivity index (χ1) is 13.2. The van der Waals surface area contributed by atoms with Gasteiger partial charge in [-0.3, -0.25) is 4.79 Å². The number of urea groups is 1. The molecule has 1 heterocycles. The largest absolute Gasteiger partial charge is 0.490 e. The van der Waals surface area contributed by atoms with E-state index in [1.54, 1.807) is 19.9 Å². The maximum atomic E-state index is 12.3. The smallest absolute Gasteiger partial charge is 0.338 e. The zero-order chi connectivity index (χ0) is 20.8. The monoisotopic (exact) mass is 408 g/mol. The van der Waals surface area contributed by atoms with Gasteiger partial charge in [-0.05, 0) is 32.0 Å². The van der Waals surface area contributed by atoms with Crippen LogP contribution in [0.25, 0.3) is 0 Å². The van der Waals surface area contributed by atoms with E-state index in [9.17, 15) is 14.4 Å². The van der Waals surface area contributed by atoms with Crippen molar-refractivity contribution < 1.29 is 23.9 Å². The van der Waals surface area contributed by atoms with Gasteiger partial charge >= 0.3 is 12.0 Å². The SMILES string of the molecule is C=C1NC(=O)NC(C(=O)N[C@H](C)COc2ccc(C(=O)OCC)cc2Cl)=C1N. The zero-order valence-corrected chi connectivity index (χ0v) is 16.2. The Balaban J connectivity index is 1.95. The molecule has 150 valence electrons. The Morgan fingerprint density at radius 2 is 2.07 bits per heavy atom. The van der Waals surface area contributed by atoms with Crippen molar-refractivity contribution in [3.8, 4) is 5.75 Å². The summed E-state index contributed by atoms with van der Waals surface area (Å²) < 4.78 is 10.5. The lowest BCUT2D eigenvalue weighted by molar-refractivity contribution is -0.118. The van der Waals surface area contributed by atoms with Gasteiger partial charge in [0.05, 0.1) is 34.6 Å². The normalized spacial score (nSPS) is 14.7. The number of nitrogens with one attached hydrogen (secondary N) is 3. The number of carbonyl (C=O) groups is 3. The molecule has 1 aromatic carbocycles. The standard InChI is InChI=1S/C18H21ClN4O5/c1-4-27-17(25)11-5-6-13(12(19)7-11)28-8-9(2)21-16(24)15-14(20)10(3)22-18(26)23-15/h5-7,9H,3-4,8,20H2,1-2H3,(H,21,24)(H2,22,23,26)/t9-/m1/s1. The molecule has 0 aromatic heterocycles. The Bertz CT molecular complexity index is 852. The van der Waals surface area contributed by atoms with E-state index in [4.69, 9.17) is 26.8 Å².